The number of hydrogen-bond donors (Lipinski definition) is 0. The van der Waals surface area contributed by atoms with Crippen molar-refractivity contribution in [1.29, 1.82) is 5.26 Å². The van der Waals surface area contributed by atoms with Gasteiger partial charge in [-0.15, -0.1) is 0 Å². The normalized spacial score (nSPS) is 9.92. The lowest BCUT2D eigenvalue weighted by molar-refractivity contribution is 1.29. The molecule has 0 aliphatic heterocycles. The third kappa shape index (κ3) is 1.06. The highest BCUT2D eigenvalue weighted by Gasteiger charge is 2.01. The minimum absolute atomic E-state index is 0.472. The SMILES string of the molecule is N#CCc1cccc2cnsc12. The van der Waals surface area contributed by atoms with Gasteiger partial charge in [0.25, 0.3) is 0 Å². The van der Waals surface area contributed by atoms with E-state index < -0.39 is 0 Å². The Kier molecular flexibility index (Phi) is 1.77. The van der Waals surface area contributed by atoms with E-state index in [0.29, 0.717) is 6.42 Å². The molecule has 0 unspecified atom stereocenters. The molecule has 0 atom stereocenters. The molecular weight excluding hydrogens is 168 g/mol. The summed E-state index contributed by atoms with van der Waals surface area (Å²) in [5.41, 5.74) is 1.08. The van der Waals surface area contributed by atoms with Crippen LogP contribution in [0.2, 0.25) is 0 Å². The topological polar surface area (TPSA) is 36.7 Å². The zero-order valence-corrected chi connectivity index (χ0v) is 7.14. The molecule has 0 aliphatic carbocycles. The average Bonchev–Trinajstić information content (AvgIpc) is 2.53. The van der Waals surface area contributed by atoms with Crippen LogP contribution in [0, 0.1) is 11.3 Å². The molecule has 0 amide bonds. The molecule has 0 saturated carbocycles. The zero-order valence-electron chi connectivity index (χ0n) is 6.32. The van der Waals surface area contributed by atoms with Gasteiger partial charge >= 0.3 is 0 Å². The minimum Gasteiger partial charge on any atom is -0.200 e. The summed E-state index contributed by atoms with van der Waals surface area (Å²) in [5, 5.41) is 9.68. The van der Waals surface area contributed by atoms with Gasteiger partial charge in [-0.25, -0.2) is 0 Å². The Balaban J connectivity index is 2.67. The predicted octanol–water partition coefficient (Wildman–Crippen LogP) is 2.36. The monoisotopic (exact) mass is 174 g/mol. The number of benzene rings is 1. The molecule has 0 radical (unpaired) electrons. The molecule has 1 aromatic carbocycles. The van der Waals surface area contributed by atoms with Gasteiger partial charge in [0.15, 0.2) is 0 Å². The number of hydrogen-bond acceptors (Lipinski definition) is 3. The van der Waals surface area contributed by atoms with Crippen molar-refractivity contribution in [3.05, 3.63) is 30.0 Å². The Bertz CT molecular complexity index is 439. The highest BCUT2D eigenvalue weighted by molar-refractivity contribution is 7.13. The fourth-order valence-corrected chi connectivity index (χ4v) is 1.93. The van der Waals surface area contributed by atoms with Crippen molar-refractivity contribution in [1.82, 2.24) is 4.37 Å². The van der Waals surface area contributed by atoms with Crippen LogP contribution in [0.5, 0.6) is 0 Å². The van der Waals surface area contributed by atoms with E-state index in [1.165, 1.54) is 11.5 Å². The number of rotatable bonds is 1. The van der Waals surface area contributed by atoms with E-state index in [1.807, 2.05) is 24.4 Å². The maximum Gasteiger partial charge on any atom is 0.0670 e. The fraction of sp³-hybridized carbons (Fsp3) is 0.111. The second-order valence-corrected chi connectivity index (χ2v) is 3.30. The van der Waals surface area contributed by atoms with Crippen molar-refractivity contribution in [3.8, 4) is 6.07 Å². The third-order valence-electron chi connectivity index (χ3n) is 1.73. The van der Waals surface area contributed by atoms with Crippen LogP contribution in [0.15, 0.2) is 24.4 Å². The lowest BCUT2D eigenvalue weighted by Crippen LogP contribution is -1.79. The summed E-state index contributed by atoms with van der Waals surface area (Å²) in [4.78, 5) is 0. The summed E-state index contributed by atoms with van der Waals surface area (Å²) in [6.45, 7) is 0. The van der Waals surface area contributed by atoms with Crippen molar-refractivity contribution in [2.24, 2.45) is 0 Å². The molecule has 0 saturated heterocycles. The lowest BCUT2D eigenvalue weighted by atomic mass is 10.1. The second kappa shape index (κ2) is 2.92. The van der Waals surface area contributed by atoms with Crippen molar-refractivity contribution in [2.45, 2.75) is 6.42 Å². The van der Waals surface area contributed by atoms with Gasteiger partial charge in [-0.05, 0) is 17.1 Å². The Morgan fingerprint density at radius 2 is 2.42 bits per heavy atom. The smallest absolute Gasteiger partial charge is 0.0670 e. The second-order valence-electron chi connectivity index (χ2n) is 2.50. The summed E-state index contributed by atoms with van der Waals surface area (Å²) in [5.74, 6) is 0. The van der Waals surface area contributed by atoms with Crippen LogP contribution in [0.4, 0.5) is 0 Å². The van der Waals surface area contributed by atoms with Gasteiger partial charge < -0.3 is 0 Å². The summed E-state index contributed by atoms with van der Waals surface area (Å²) in [6, 6.07) is 8.10. The molecule has 0 bridgehead atoms. The Morgan fingerprint density at radius 3 is 3.25 bits per heavy atom. The molecule has 0 N–H and O–H groups in total. The fourth-order valence-electron chi connectivity index (χ4n) is 1.18. The van der Waals surface area contributed by atoms with Gasteiger partial charge in [-0.3, -0.25) is 0 Å². The first-order chi connectivity index (χ1) is 5.92. The number of nitrogens with zero attached hydrogens (tertiary/aromatic N) is 2. The predicted molar refractivity (Wildman–Crippen MR) is 48.9 cm³/mol. The molecule has 0 spiro atoms. The van der Waals surface area contributed by atoms with Crippen LogP contribution < -0.4 is 0 Å². The van der Waals surface area contributed by atoms with Crippen LogP contribution in [0.1, 0.15) is 5.56 Å². The van der Waals surface area contributed by atoms with Crippen LogP contribution in [0.25, 0.3) is 10.1 Å². The van der Waals surface area contributed by atoms with E-state index in [1.54, 1.807) is 0 Å². The minimum atomic E-state index is 0.472. The lowest BCUT2D eigenvalue weighted by Gasteiger charge is -1.93. The first-order valence-corrected chi connectivity index (χ1v) is 4.38. The van der Waals surface area contributed by atoms with Crippen LogP contribution in [-0.2, 0) is 6.42 Å². The van der Waals surface area contributed by atoms with E-state index in [2.05, 4.69) is 10.4 Å². The summed E-state index contributed by atoms with van der Waals surface area (Å²) < 4.78 is 5.21. The standard InChI is InChI=1S/C9H6N2S/c10-5-4-7-2-1-3-8-6-11-12-9(7)8/h1-3,6H,4H2. The third-order valence-corrected chi connectivity index (χ3v) is 2.62. The largest absolute Gasteiger partial charge is 0.200 e. The van der Waals surface area contributed by atoms with Crippen LogP contribution in [-0.4, -0.2) is 4.37 Å². The molecule has 2 aromatic rings. The van der Waals surface area contributed by atoms with E-state index in [0.717, 1.165) is 15.6 Å². The van der Waals surface area contributed by atoms with Crippen molar-refractivity contribution < 1.29 is 0 Å². The molecule has 1 aromatic heterocycles. The first-order valence-electron chi connectivity index (χ1n) is 3.61. The molecule has 2 nitrogen and oxygen atoms in total. The molecule has 1 heterocycles. The van der Waals surface area contributed by atoms with Crippen molar-refractivity contribution in [3.63, 3.8) is 0 Å². The number of aromatic nitrogens is 1. The summed E-state index contributed by atoms with van der Waals surface area (Å²) in [7, 11) is 0. The van der Waals surface area contributed by atoms with Crippen LogP contribution >= 0.6 is 11.5 Å². The molecule has 3 heteroatoms. The van der Waals surface area contributed by atoms with E-state index in [9.17, 15) is 0 Å². The van der Waals surface area contributed by atoms with E-state index in [4.69, 9.17) is 5.26 Å². The Labute approximate surface area is 74.2 Å². The molecule has 12 heavy (non-hydrogen) atoms. The number of nitriles is 1. The Morgan fingerprint density at radius 1 is 1.50 bits per heavy atom. The van der Waals surface area contributed by atoms with Gasteiger partial charge in [-0.1, -0.05) is 18.2 Å². The van der Waals surface area contributed by atoms with Crippen molar-refractivity contribution in [2.75, 3.05) is 0 Å². The summed E-state index contributed by atoms with van der Waals surface area (Å²) in [6.07, 6.45) is 2.31. The number of fused-ring (bicyclic) bond motifs is 1. The molecule has 0 fully saturated rings. The van der Waals surface area contributed by atoms with Gasteiger partial charge in [0.05, 0.1) is 17.2 Å². The molecule has 58 valence electrons. The van der Waals surface area contributed by atoms with Gasteiger partial charge in [0, 0.05) is 11.6 Å². The van der Waals surface area contributed by atoms with E-state index in [-0.39, 0.29) is 0 Å². The highest BCUT2D eigenvalue weighted by atomic mass is 32.1. The highest BCUT2D eigenvalue weighted by Crippen LogP contribution is 2.22. The quantitative estimate of drug-likeness (QED) is 0.665. The molecule has 2 rings (SSSR count). The van der Waals surface area contributed by atoms with Gasteiger partial charge in [-0.2, -0.15) is 9.64 Å². The average molecular weight is 174 g/mol. The van der Waals surface area contributed by atoms with Gasteiger partial charge in [0.1, 0.15) is 0 Å². The molecular formula is C9H6N2S. The first kappa shape index (κ1) is 7.26. The maximum absolute atomic E-state index is 8.55. The van der Waals surface area contributed by atoms with Crippen molar-refractivity contribution >= 4 is 21.6 Å². The van der Waals surface area contributed by atoms with Gasteiger partial charge in [0.2, 0.25) is 0 Å². The van der Waals surface area contributed by atoms with E-state index >= 15 is 0 Å². The Hall–Kier alpha value is -1.40. The summed E-state index contributed by atoms with van der Waals surface area (Å²) >= 11 is 1.45. The zero-order chi connectivity index (χ0) is 8.39. The van der Waals surface area contributed by atoms with Crippen LogP contribution in [0.3, 0.4) is 0 Å². The maximum atomic E-state index is 8.55. The molecule has 0 aliphatic rings.